The van der Waals surface area contributed by atoms with E-state index in [1.807, 2.05) is 0 Å². The van der Waals surface area contributed by atoms with Crippen LogP contribution in [0.15, 0.2) is 23.1 Å². The molecule has 1 rings (SSSR count). The zero-order valence-electron chi connectivity index (χ0n) is 7.29. The third-order valence-electron chi connectivity index (χ3n) is 1.69. The van der Waals surface area contributed by atoms with Crippen molar-refractivity contribution in [2.75, 3.05) is 0 Å². The van der Waals surface area contributed by atoms with E-state index in [-0.39, 0.29) is 17.9 Å². The highest BCUT2D eigenvalue weighted by Crippen LogP contribution is 2.03. The van der Waals surface area contributed by atoms with Crippen LogP contribution < -0.4 is 5.56 Å². The zero-order chi connectivity index (χ0) is 9.84. The molecule has 0 atom stereocenters. The van der Waals surface area contributed by atoms with Gasteiger partial charge in [-0.3, -0.25) is 9.59 Å². The number of pyridine rings is 1. The van der Waals surface area contributed by atoms with Gasteiger partial charge >= 0.3 is 0 Å². The first-order valence-electron chi connectivity index (χ1n) is 4.01. The third-order valence-corrected chi connectivity index (χ3v) is 1.91. The lowest BCUT2D eigenvalue weighted by molar-refractivity contribution is -0.119. The number of rotatable bonds is 3. The Morgan fingerprint density at radius 1 is 1.54 bits per heavy atom. The fraction of sp³-hybridized carbons (Fsp3) is 0.333. The second-order valence-corrected chi connectivity index (χ2v) is 3.14. The standard InChI is InChI=1S/C9H10ClNO2/c1-2-8(12)6-11-5-7(10)3-4-9(11)13/h3-5H,2,6H2,1H3. The van der Waals surface area contributed by atoms with E-state index >= 15 is 0 Å². The highest BCUT2D eigenvalue weighted by molar-refractivity contribution is 6.30. The highest BCUT2D eigenvalue weighted by atomic mass is 35.5. The number of carbonyl (C=O) groups excluding carboxylic acids is 1. The maximum Gasteiger partial charge on any atom is 0.251 e. The van der Waals surface area contributed by atoms with Crippen LogP contribution in [0.2, 0.25) is 5.02 Å². The van der Waals surface area contributed by atoms with Crippen molar-refractivity contribution in [2.45, 2.75) is 19.9 Å². The molecule has 1 heterocycles. The molecule has 0 amide bonds. The Hall–Kier alpha value is -1.09. The van der Waals surface area contributed by atoms with Crippen molar-refractivity contribution in [3.8, 4) is 0 Å². The average Bonchev–Trinajstić information content (AvgIpc) is 2.11. The van der Waals surface area contributed by atoms with Gasteiger partial charge in [0.25, 0.3) is 5.56 Å². The summed E-state index contributed by atoms with van der Waals surface area (Å²) >= 11 is 5.67. The molecule has 0 spiro atoms. The topological polar surface area (TPSA) is 39.1 Å². The Morgan fingerprint density at radius 2 is 2.23 bits per heavy atom. The molecule has 1 aromatic rings. The summed E-state index contributed by atoms with van der Waals surface area (Å²) in [7, 11) is 0. The summed E-state index contributed by atoms with van der Waals surface area (Å²) in [5.74, 6) is 0.0179. The smallest absolute Gasteiger partial charge is 0.251 e. The molecule has 13 heavy (non-hydrogen) atoms. The molecule has 1 aromatic heterocycles. The molecule has 0 aliphatic heterocycles. The van der Waals surface area contributed by atoms with Crippen LogP contribution in [0.4, 0.5) is 0 Å². The molecule has 0 radical (unpaired) electrons. The maximum atomic E-state index is 11.2. The number of ketones is 1. The number of hydrogen-bond acceptors (Lipinski definition) is 2. The Labute approximate surface area is 80.9 Å². The summed E-state index contributed by atoms with van der Waals surface area (Å²) in [5.41, 5.74) is -0.203. The van der Waals surface area contributed by atoms with Crippen LogP contribution in [0.3, 0.4) is 0 Å². The van der Waals surface area contributed by atoms with Crippen LogP contribution >= 0.6 is 11.6 Å². The first-order valence-corrected chi connectivity index (χ1v) is 4.39. The van der Waals surface area contributed by atoms with E-state index in [1.165, 1.54) is 22.9 Å². The van der Waals surface area contributed by atoms with Crippen molar-refractivity contribution in [3.05, 3.63) is 33.7 Å². The predicted octanol–water partition coefficient (Wildman–Crippen LogP) is 1.48. The molecule has 4 heteroatoms. The molecule has 0 fully saturated rings. The number of hydrogen-bond donors (Lipinski definition) is 0. The molecule has 0 bridgehead atoms. The molecule has 0 aliphatic carbocycles. The number of aromatic nitrogens is 1. The van der Waals surface area contributed by atoms with Crippen LogP contribution in [-0.2, 0) is 11.3 Å². The van der Waals surface area contributed by atoms with E-state index in [0.29, 0.717) is 11.4 Å². The molecule has 70 valence electrons. The van der Waals surface area contributed by atoms with Crippen molar-refractivity contribution >= 4 is 17.4 Å². The van der Waals surface area contributed by atoms with Gasteiger partial charge in [0.05, 0.1) is 11.6 Å². The molecular weight excluding hydrogens is 190 g/mol. The molecule has 0 saturated heterocycles. The number of halogens is 1. The van der Waals surface area contributed by atoms with Gasteiger partial charge < -0.3 is 4.57 Å². The van der Waals surface area contributed by atoms with Gasteiger partial charge in [-0.2, -0.15) is 0 Å². The van der Waals surface area contributed by atoms with E-state index in [0.717, 1.165) is 0 Å². The maximum absolute atomic E-state index is 11.2. The molecule has 0 aromatic carbocycles. The summed E-state index contributed by atoms with van der Waals surface area (Å²) in [4.78, 5) is 22.2. The average molecular weight is 200 g/mol. The second-order valence-electron chi connectivity index (χ2n) is 2.71. The molecule has 0 unspecified atom stereocenters. The fourth-order valence-electron chi connectivity index (χ4n) is 0.928. The van der Waals surface area contributed by atoms with Crippen LogP contribution in [-0.4, -0.2) is 10.4 Å². The van der Waals surface area contributed by atoms with Gasteiger partial charge in [-0.05, 0) is 6.07 Å². The van der Waals surface area contributed by atoms with Gasteiger partial charge in [-0.25, -0.2) is 0 Å². The molecule has 0 saturated carbocycles. The minimum Gasteiger partial charge on any atom is -0.307 e. The first kappa shape index (κ1) is 9.99. The number of nitrogens with zero attached hydrogens (tertiary/aromatic N) is 1. The SMILES string of the molecule is CCC(=O)Cn1cc(Cl)ccc1=O. The molecule has 3 nitrogen and oxygen atoms in total. The monoisotopic (exact) mass is 199 g/mol. The summed E-state index contributed by atoms with van der Waals surface area (Å²) in [5, 5.41) is 0.462. The normalized spacial score (nSPS) is 10.0. The zero-order valence-corrected chi connectivity index (χ0v) is 8.04. The largest absolute Gasteiger partial charge is 0.307 e. The third kappa shape index (κ3) is 2.70. The highest BCUT2D eigenvalue weighted by Gasteiger charge is 2.01. The Balaban J connectivity index is 2.94. The van der Waals surface area contributed by atoms with E-state index < -0.39 is 0 Å². The molecule has 0 aliphatic rings. The number of Topliss-reactive ketones (excluding diaryl/α,β-unsaturated/α-hetero) is 1. The van der Waals surface area contributed by atoms with E-state index in [1.54, 1.807) is 6.92 Å². The van der Waals surface area contributed by atoms with Crippen molar-refractivity contribution in [2.24, 2.45) is 0 Å². The number of carbonyl (C=O) groups is 1. The van der Waals surface area contributed by atoms with Gasteiger partial charge in [0.1, 0.15) is 0 Å². The summed E-state index contributed by atoms with van der Waals surface area (Å²) in [6.07, 6.45) is 1.90. The molecule has 0 N–H and O–H groups in total. The van der Waals surface area contributed by atoms with Gasteiger partial charge in [0, 0.05) is 18.7 Å². The van der Waals surface area contributed by atoms with Gasteiger partial charge in [0.2, 0.25) is 0 Å². The van der Waals surface area contributed by atoms with Crippen LogP contribution in [0.5, 0.6) is 0 Å². The van der Waals surface area contributed by atoms with E-state index in [9.17, 15) is 9.59 Å². The lowest BCUT2D eigenvalue weighted by Gasteiger charge is -2.02. The fourth-order valence-corrected chi connectivity index (χ4v) is 1.11. The minimum atomic E-state index is -0.203. The molecular formula is C9H10ClNO2. The first-order chi connectivity index (χ1) is 6.13. The van der Waals surface area contributed by atoms with Crippen LogP contribution in [0.1, 0.15) is 13.3 Å². The summed E-state index contributed by atoms with van der Waals surface area (Å²) in [6, 6.07) is 2.86. The second kappa shape index (κ2) is 4.23. The van der Waals surface area contributed by atoms with Crippen LogP contribution in [0.25, 0.3) is 0 Å². The van der Waals surface area contributed by atoms with E-state index in [4.69, 9.17) is 11.6 Å². The van der Waals surface area contributed by atoms with Crippen molar-refractivity contribution in [3.63, 3.8) is 0 Å². The van der Waals surface area contributed by atoms with Crippen molar-refractivity contribution in [1.82, 2.24) is 4.57 Å². The lowest BCUT2D eigenvalue weighted by Crippen LogP contribution is -2.22. The summed E-state index contributed by atoms with van der Waals surface area (Å²) in [6.45, 7) is 1.87. The Morgan fingerprint density at radius 3 is 2.85 bits per heavy atom. The summed E-state index contributed by atoms with van der Waals surface area (Å²) < 4.78 is 1.31. The van der Waals surface area contributed by atoms with Gasteiger partial charge in [0.15, 0.2) is 5.78 Å². The Kier molecular flexibility index (Phi) is 3.25. The lowest BCUT2D eigenvalue weighted by atomic mass is 10.3. The van der Waals surface area contributed by atoms with Crippen LogP contribution in [0, 0.1) is 0 Å². The minimum absolute atomic E-state index is 0.0179. The van der Waals surface area contributed by atoms with Crippen molar-refractivity contribution in [1.29, 1.82) is 0 Å². The van der Waals surface area contributed by atoms with Crippen molar-refractivity contribution < 1.29 is 4.79 Å². The Bertz CT molecular complexity index is 370. The van der Waals surface area contributed by atoms with Gasteiger partial charge in [-0.1, -0.05) is 18.5 Å². The predicted molar refractivity (Wildman–Crippen MR) is 51.0 cm³/mol. The quantitative estimate of drug-likeness (QED) is 0.740. The van der Waals surface area contributed by atoms with E-state index in [2.05, 4.69) is 0 Å². The van der Waals surface area contributed by atoms with Gasteiger partial charge in [-0.15, -0.1) is 0 Å².